The van der Waals surface area contributed by atoms with Crippen molar-refractivity contribution in [3.8, 4) is 34.1 Å². The summed E-state index contributed by atoms with van der Waals surface area (Å²) in [6, 6.07) is 8.72. The van der Waals surface area contributed by atoms with Gasteiger partial charge in [0.1, 0.15) is 34.6 Å². The van der Waals surface area contributed by atoms with E-state index in [1.165, 1.54) is 51.1 Å². The van der Waals surface area contributed by atoms with Crippen LogP contribution < -0.4 is 0 Å². The van der Waals surface area contributed by atoms with Crippen molar-refractivity contribution >= 4 is 44.7 Å². The Morgan fingerprint density at radius 3 is 1.79 bits per heavy atom. The lowest BCUT2D eigenvalue weighted by Gasteiger charge is -2.39. The fourth-order valence-corrected chi connectivity index (χ4v) is 7.27. The minimum atomic E-state index is -1.89. The predicted octanol–water partition coefficient (Wildman–Crippen LogP) is 5.31. The predicted molar refractivity (Wildman–Crippen MR) is 158 cm³/mol. The third kappa shape index (κ3) is 3.74. The highest BCUT2D eigenvalue weighted by Crippen LogP contribution is 2.57. The second-order valence-electron chi connectivity index (χ2n) is 11.7. The maximum absolute atomic E-state index is 13.7. The Balaban J connectivity index is 2.01. The molecule has 0 fully saturated rings. The number of hydrogen-bond acceptors (Lipinski definition) is 9. The molecular formula is C34H28O9. The van der Waals surface area contributed by atoms with Crippen molar-refractivity contribution in [3.63, 3.8) is 0 Å². The van der Waals surface area contributed by atoms with E-state index in [4.69, 9.17) is 0 Å². The van der Waals surface area contributed by atoms with Crippen molar-refractivity contribution in [2.75, 3.05) is 0 Å². The molecule has 6 rings (SSSR count). The molecule has 0 radical (unpaired) electrons. The molecule has 5 N–H and O–H groups in total. The molecule has 3 atom stereocenters. The zero-order valence-corrected chi connectivity index (χ0v) is 23.8. The Morgan fingerprint density at radius 1 is 0.767 bits per heavy atom. The average molecular weight is 581 g/mol. The van der Waals surface area contributed by atoms with Gasteiger partial charge in [0.05, 0.1) is 39.3 Å². The van der Waals surface area contributed by atoms with Gasteiger partial charge in [-0.25, -0.2) is 0 Å². The summed E-state index contributed by atoms with van der Waals surface area (Å²) >= 11 is 0. The maximum Gasteiger partial charge on any atom is 0.189 e. The lowest BCUT2D eigenvalue weighted by molar-refractivity contribution is -0.124. The van der Waals surface area contributed by atoms with E-state index in [1.54, 1.807) is 19.1 Å². The summed E-state index contributed by atoms with van der Waals surface area (Å²) in [5.41, 5.74) is -1.72. The number of phenols is 4. The normalized spacial score (nSPS) is 21.5. The average Bonchev–Trinajstić information content (AvgIpc) is 2.88. The van der Waals surface area contributed by atoms with E-state index >= 15 is 0 Å². The van der Waals surface area contributed by atoms with Crippen LogP contribution in [0.15, 0.2) is 48.0 Å². The van der Waals surface area contributed by atoms with Gasteiger partial charge in [0.25, 0.3) is 0 Å². The number of allylic oxidation sites excluding steroid dienone is 2. The van der Waals surface area contributed by atoms with Crippen LogP contribution in [-0.2, 0) is 9.59 Å². The third-order valence-electron chi connectivity index (χ3n) is 8.77. The fraction of sp³-hybridized carbons (Fsp3) is 0.235. The number of aromatic hydroxyl groups is 4. The molecule has 218 valence electrons. The third-order valence-corrected chi connectivity index (χ3v) is 8.77. The number of aliphatic hydroxyl groups is 1. The van der Waals surface area contributed by atoms with E-state index < -0.39 is 52.7 Å². The Morgan fingerprint density at radius 2 is 1.28 bits per heavy atom. The first-order valence-electron chi connectivity index (χ1n) is 13.7. The van der Waals surface area contributed by atoms with Crippen LogP contribution >= 0.6 is 0 Å². The minimum absolute atomic E-state index is 0.0381. The molecule has 43 heavy (non-hydrogen) atoms. The van der Waals surface area contributed by atoms with Gasteiger partial charge in [0.15, 0.2) is 11.6 Å². The maximum atomic E-state index is 13.7. The Labute approximate surface area is 245 Å². The van der Waals surface area contributed by atoms with Gasteiger partial charge in [-0.05, 0) is 78.9 Å². The molecule has 0 saturated carbocycles. The monoisotopic (exact) mass is 580 g/mol. The van der Waals surface area contributed by atoms with Gasteiger partial charge in [-0.2, -0.15) is 0 Å². The number of ketones is 4. The number of rotatable bonds is 3. The second kappa shape index (κ2) is 9.24. The van der Waals surface area contributed by atoms with E-state index in [2.05, 4.69) is 0 Å². The van der Waals surface area contributed by atoms with Crippen LogP contribution in [0.4, 0.5) is 0 Å². The molecule has 0 heterocycles. The number of carbonyl (C=O) groups is 4. The molecule has 0 aromatic heterocycles. The summed E-state index contributed by atoms with van der Waals surface area (Å²) < 4.78 is 0. The molecule has 2 aliphatic rings. The van der Waals surface area contributed by atoms with Crippen LogP contribution in [0.1, 0.15) is 77.8 Å². The highest BCUT2D eigenvalue weighted by atomic mass is 16.3. The first kappa shape index (κ1) is 28.1. The highest BCUT2D eigenvalue weighted by molar-refractivity contribution is 6.24. The molecule has 4 aromatic rings. The zero-order chi connectivity index (χ0) is 31.3. The summed E-state index contributed by atoms with van der Waals surface area (Å²) in [5.74, 6) is -6.46. The van der Waals surface area contributed by atoms with Gasteiger partial charge in [-0.3, -0.25) is 19.2 Å². The first-order chi connectivity index (χ1) is 20.2. The summed E-state index contributed by atoms with van der Waals surface area (Å²) in [4.78, 5) is 53.8. The molecule has 4 aromatic carbocycles. The fourth-order valence-electron chi connectivity index (χ4n) is 7.27. The number of fused-ring (bicyclic) bond motifs is 4. The number of phenolic OH excluding ortho intramolecular Hbond substituents is 4. The number of hydrogen-bond donors (Lipinski definition) is 5. The molecule has 0 unspecified atom stereocenters. The molecule has 0 saturated heterocycles. The molecular weight excluding hydrogens is 552 g/mol. The highest BCUT2D eigenvalue weighted by Gasteiger charge is 2.49. The van der Waals surface area contributed by atoms with Crippen molar-refractivity contribution in [2.45, 2.75) is 51.6 Å². The van der Waals surface area contributed by atoms with E-state index in [-0.39, 0.29) is 72.2 Å². The van der Waals surface area contributed by atoms with Gasteiger partial charge >= 0.3 is 0 Å². The zero-order valence-electron chi connectivity index (χ0n) is 23.8. The Bertz CT molecular complexity index is 2030. The largest absolute Gasteiger partial charge is 0.507 e. The second-order valence-corrected chi connectivity index (χ2v) is 11.7. The van der Waals surface area contributed by atoms with Crippen LogP contribution in [0.3, 0.4) is 0 Å². The molecule has 0 aliphatic heterocycles. The SMILES string of the molecule is CC(=O)[C@@H]1C(C)=CC(=O)c2c1c(-c1c3c(c(O)c4c(O)cccc14)C(=O)C[C@](C)(O)[C@H]3C(C)=O)c1cccc(O)c1c2O. The molecule has 0 bridgehead atoms. The quantitative estimate of drug-likeness (QED) is 0.216. The van der Waals surface area contributed by atoms with Crippen LogP contribution in [0, 0.1) is 0 Å². The van der Waals surface area contributed by atoms with Crippen LogP contribution in [-0.4, -0.2) is 54.3 Å². The Kier molecular flexibility index (Phi) is 6.04. The van der Waals surface area contributed by atoms with Gasteiger partial charge in [-0.1, -0.05) is 29.8 Å². The standard InChI is InChI=1S/C34H28O9/c1-13-11-20(39)27-29(22(13)14(2)35)25(16-7-5-9-18(37)23(16)32(27)41)26-17-8-6-10-19(38)24(17)33(42)28-21(40)12-34(4,43)31(15(3)36)30(26)28/h5-11,22,31,37-38,41-43H,12H2,1-4H3/t22-,31-,34-/m0/s1. The van der Waals surface area contributed by atoms with E-state index in [1.807, 2.05) is 0 Å². The van der Waals surface area contributed by atoms with Crippen LogP contribution in [0.5, 0.6) is 23.0 Å². The lowest BCUT2D eigenvalue weighted by Crippen LogP contribution is -2.43. The molecule has 0 amide bonds. The van der Waals surface area contributed by atoms with E-state index in [9.17, 15) is 44.7 Å². The molecule has 9 nitrogen and oxygen atoms in total. The number of Topliss-reactive ketones (excluding diaryl/α,β-unsaturated/α-hetero) is 3. The van der Waals surface area contributed by atoms with Crippen molar-refractivity contribution in [1.29, 1.82) is 0 Å². The smallest absolute Gasteiger partial charge is 0.189 e. The molecule has 0 spiro atoms. The minimum Gasteiger partial charge on any atom is -0.507 e. The number of carbonyl (C=O) groups excluding carboxylic acids is 4. The Hall–Kier alpha value is -5.02. The van der Waals surface area contributed by atoms with Crippen LogP contribution in [0.25, 0.3) is 32.7 Å². The van der Waals surface area contributed by atoms with Crippen LogP contribution in [0.2, 0.25) is 0 Å². The van der Waals surface area contributed by atoms with Gasteiger partial charge in [0, 0.05) is 6.42 Å². The first-order valence-corrected chi connectivity index (χ1v) is 13.7. The van der Waals surface area contributed by atoms with Gasteiger partial charge in [0.2, 0.25) is 0 Å². The molecule has 2 aliphatic carbocycles. The van der Waals surface area contributed by atoms with Crippen molar-refractivity contribution in [2.24, 2.45) is 0 Å². The van der Waals surface area contributed by atoms with E-state index in [0.717, 1.165) is 0 Å². The van der Waals surface area contributed by atoms with Crippen molar-refractivity contribution < 1.29 is 44.7 Å². The van der Waals surface area contributed by atoms with Gasteiger partial charge < -0.3 is 25.5 Å². The molecule has 9 heteroatoms. The van der Waals surface area contributed by atoms with E-state index in [0.29, 0.717) is 5.57 Å². The van der Waals surface area contributed by atoms with Crippen molar-refractivity contribution in [3.05, 3.63) is 70.3 Å². The number of benzene rings is 4. The van der Waals surface area contributed by atoms with Gasteiger partial charge in [-0.15, -0.1) is 0 Å². The lowest BCUT2D eigenvalue weighted by atomic mass is 9.65. The summed E-state index contributed by atoms with van der Waals surface area (Å²) in [6.45, 7) is 5.52. The summed E-state index contributed by atoms with van der Waals surface area (Å²) in [6.07, 6.45) is 0.745. The van der Waals surface area contributed by atoms with Crippen molar-refractivity contribution in [1.82, 2.24) is 0 Å². The summed E-state index contributed by atoms with van der Waals surface area (Å²) in [5, 5.41) is 56.5. The topological polar surface area (TPSA) is 169 Å². The summed E-state index contributed by atoms with van der Waals surface area (Å²) in [7, 11) is 0.